The van der Waals surface area contributed by atoms with Crippen LogP contribution in [-0.4, -0.2) is 51.3 Å². The Kier molecular flexibility index (Phi) is 6.21. The number of methoxy groups -OCH3 is 1. The van der Waals surface area contributed by atoms with Gasteiger partial charge in [0.05, 0.1) is 7.11 Å². The van der Waals surface area contributed by atoms with Crippen molar-refractivity contribution in [3.63, 3.8) is 0 Å². The van der Waals surface area contributed by atoms with Gasteiger partial charge in [0.25, 0.3) is 5.91 Å². The number of ether oxygens (including phenoxy) is 1. The molecule has 0 spiro atoms. The Hall–Kier alpha value is -3.75. The molecule has 1 fully saturated rings. The number of carbonyl (C=O) groups is 1. The maximum Gasteiger partial charge on any atom is 0.270 e. The molecule has 160 valence electrons. The molecule has 1 aromatic carbocycles. The zero-order chi connectivity index (χ0) is 21.6. The van der Waals surface area contributed by atoms with E-state index in [1.165, 1.54) is 17.5 Å². The van der Waals surface area contributed by atoms with E-state index >= 15 is 0 Å². The molecule has 1 amide bonds. The molecule has 1 aliphatic heterocycles. The Morgan fingerprint density at radius 1 is 1.23 bits per heavy atom. The molecule has 1 N–H and O–H groups in total. The number of tetrazole rings is 1. The smallest absolute Gasteiger partial charge is 0.270 e. The Balaban J connectivity index is 1.51. The Labute approximate surface area is 180 Å². The third-order valence-corrected chi connectivity index (χ3v) is 5.18. The van der Waals surface area contributed by atoms with Crippen LogP contribution < -0.4 is 15.0 Å². The van der Waals surface area contributed by atoms with E-state index in [0.29, 0.717) is 23.8 Å². The second-order valence-corrected chi connectivity index (χ2v) is 7.35. The second kappa shape index (κ2) is 9.38. The maximum absolute atomic E-state index is 13.0. The van der Waals surface area contributed by atoms with E-state index in [0.717, 1.165) is 30.0 Å². The fraction of sp³-hybridized carbons (Fsp3) is 0.318. The van der Waals surface area contributed by atoms with Crippen LogP contribution in [0.25, 0.3) is 11.8 Å². The molecule has 31 heavy (non-hydrogen) atoms. The first-order chi connectivity index (χ1) is 15.1. The summed E-state index contributed by atoms with van der Waals surface area (Å²) in [6.45, 7) is 4.19. The molecule has 0 unspecified atom stereocenters. The van der Waals surface area contributed by atoms with Gasteiger partial charge in [-0.25, -0.2) is 4.98 Å². The molecule has 0 bridgehead atoms. The molecule has 4 rings (SSSR count). The van der Waals surface area contributed by atoms with Crippen molar-refractivity contribution in [3.8, 4) is 5.75 Å². The molecule has 9 nitrogen and oxygen atoms in total. The highest BCUT2D eigenvalue weighted by molar-refractivity contribution is 6.18. The molecule has 2 aromatic heterocycles. The van der Waals surface area contributed by atoms with Crippen molar-refractivity contribution in [2.45, 2.75) is 26.3 Å². The fourth-order valence-electron chi connectivity index (χ4n) is 3.49. The Morgan fingerprint density at radius 2 is 2.06 bits per heavy atom. The van der Waals surface area contributed by atoms with Crippen molar-refractivity contribution >= 4 is 23.5 Å². The summed E-state index contributed by atoms with van der Waals surface area (Å²) in [5.41, 5.74) is 2.04. The van der Waals surface area contributed by atoms with Gasteiger partial charge in [-0.05, 0) is 65.6 Å². The van der Waals surface area contributed by atoms with Gasteiger partial charge < -0.3 is 15.0 Å². The molecule has 0 saturated carbocycles. The SMILES string of the molecule is COc1cccc(/C=C(\C(=O)NCc2ccc(N3CCCC3)nc2)n2nnnc2C)c1. The number of pyridine rings is 1. The lowest BCUT2D eigenvalue weighted by atomic mass is 10.1. The normalized spacial score (nSPS) is 14.0. The lowest BCUT2D eigenvalue weighted by molar-refractivity contribution is -0.116. The van der Waals surface area contributed by atoms with Crippen LogP contribution in [0.3, 0.4) is 0 Å². The van der Waals surface area contributed by atoms with Crippen molar-refractivity contribution in [3.05, 3.63) is 59.5 Å². The Morgan fingerprint density at radius 3 is 2.74 bits per heavy atom. The zero-order valence-corrected chi connectivity index (χ0v) is 17.7. The average Bonchev–Trinajstić information content (AvgIpc) is 3.48. The first-order valence-electron chi connectivity index (χ1n) is 10.2. The highest BCUT2D eigenvalue weighted by Crippen LogP contribution is 2.19. The average molecular weight is 419 g/mol. The summed E-state index contributed by atoms with van der Waals surface area (Å²) in [7, 11) is 1.60. The standard InChI is InChI=1S/C22H25N7O2/c1-16-25-26-27-29(16)20(13-17-6-5-7-19(12-17)31-2)22(30)24-15-18-8-9-21(23-14-18)28-10-3-4-11-28/h5-9,12-14H,3-4,10-11,15H2,1-2H3,(H,24,30)/b20-13+. The van der Waals surface area contributed by atoms with Crippen LogP contribution in [0.15, 0.2) is 42.6 Å². The van der Waals surface area contributed by atoms with Gasteiger partial charge in [0.1, 0.15) is 17.3 Å². The first-order valence-corrected chi connectivity index (χ1v) is 10.2. The molecular weight excluding hydrogens is 394 g/mol. The summed E-state index contributed by atoms with van der Waals surface area (Å²) in [6.07, 6.45) is 5.95. The number of rotatable bonds is 7. The third kappa shape index (κ3) is 4.88. The van der Waals surface area contributed by atoms with Crippen LogP contribution in [0.2, 0.25) is 0 Å². The van der Waals surface area contributed by atoms with Gasteiger partial charge in [0.15, 0.2) is 5.82 Å². The van der Waals surface area contributed by atoms with Gasteiger partial charge >= 0.3 is 0 Å². The minimum atomic E-state index is -0.290. The fourth-order valence-corrected chi connectivity index (χ4v) is 3.49. The molecule has 1 saturated heterocycles. The summed E-state index contributed by atoms with van der Waals surface area (Å²) >= 11 is 0. The number of nitrogens with zero attached hydrogens (tertiary/aromatic N) is 6. The molecule has 0 aliphatic carbocycles. The number of amides is 1. The van der Waals surface area contributed by atoms with Crippen molar-refractivity contribution < 1.29 is 9.53 Å². The largest absolute Gasteiger partial charge is 0.497 e. The van der Waals surface area contributed by atoms with Crippen molar-refractivity contribution in [2.24, 2.45) is 0 Å². The van der Waals surface area contributed by atoms with Gasteiger partial charge in [-0.2, -0.15) is 4.68 Å². The molecular formula is C22H25N7O2. The topological polar surface area (TPSA) is 98.1 Å². The van der Waals surface area contributed by atoms with Crippen molar-refractivity contribution in [1.29, 1.82) is 0 Å². The van der Waals surface area contributed by atoms with E-state index in [4.69, 9.17) is 4.74 Å². The monoisotopic (exact) mass is 419 g/mol. The van der Waals surface area contributed by atoms with E-state index < -0.39 is 0 Å². The van der Waals surface area contributed by atoms with Gasteiger partial charge in [-0.1, -0.05) is 18.2 Å². The summed E-state index contributed by atoms with van der Waals surface area (Å²) in [6, 6.07) is 11.4. The van der Waals surface area contributed by atoms with E-state index in [9.17, 15) is 4.79 Å². The number of benzene rings is 1. The predicted octanol–water partition coefficient (Wildman–Crippen LogP) is 2.30. The van der Waals surface area contributed by atoms with E-state index in [-0.39, 0.29) is 5.91 Å². The number of anilines is 1. The quantitative estimate of drug-likeness (QED) is 0.587. The van der Waals surface area contributed by atoms with Gasteiger partial charge in [-0.15, -0.1) is 5.10 Å². The van der Waals surface area contributed by atoms with Crippen LogP contribution in [0.5, 0.6) is 5.75 Å². The highest BCUT2D eigenvalue weighted by Gasteiger charge is 2.17. The highest BCUT2D eigenvalue weighted by atomic mass is 16.5. The zero-order valence-electron chi connectivity index (χ0n) is 17.7. The number of nitrogens with one attached hydrogen (secondary N) is 1. The van der Waals surface area contributed by atoms with Crippen LogP contribution in [0, 0.1) is 6.92 Å². The predicted molar refractivity (Wildman–Crippen MR) is 117 cm³/mol. The molecule has 0 atom stereocenters. The molecule has 9 heteroatoms. The number of hydrogen-bond donors (Lipinski definition) is 1. The maximum atomic E-state index is 13.0. The molecule has 1 aliphatic rings. The van der Waals surface area contributed by atoms with E-state index in [1.807, 2.05) is 42.6 Å². The van der Waals surface area contributed by atoms with Crippen molar-refractivity contribution in [1.82, 2.24) is 30.5 Å². The minimum absolute atomic E-state index is 0.290. The van der Waals surface area contributed by atoms with Gasteiger partial charge in [0.2, 0.25) is 0 Å². The van der Waals surface area contributed by atoms with Gasteiger partial charge in [-0.3, -0.25) is 4.79 Å². The lowest BCUT2D eigenvalue weighted by Gasteiger charge is -2.16. The summed E-state index contributed by atoms with van der Waals surface area (Å²) in [5.74, 6) is 1.91. The summed E-state index contributed by atoms with van der Waals surface area (Å²) in [4.78, 5) is 19.9. The minimum Gasteiger partial charge on any atom is -0.497 e. The molecule has 0 radical (unpaired) electrons. The number of aryl methyl sites for hydroxylation is 1. The van der Waals surface area contributed by atoms with Crippen LogP contribution in [0.4, 0.5) is 5.82 Å². The summed E-state index contributed by atoms with van der Waals surface area (Å²) < 4.78 is 6.70. The van der Waals surface area contributed by atoms with E-state index in [1.54, 1.807) is 20.1 Å². The van der Waals surface area contributed by atoms with Crippen LogP contribution in [0.1, 0.15) is 29.8 Å². The first kappa shape index (κ1) is 20.5. The van der Waals surface area contributed by atoms with Gasteiger partial charge in [0, 0.05) is 25.8 Å². The second-order valence-electron chi connectivity index (χ2n) is 7.35. The summed E-state index contributed by atoms with van der Waals surface area (Å²) in [5, 5.41) is 14.5. The van der Waals surface area contributed by atoms with Crippen LogP contribution in [-0.2, 0) is 11.3 Å². The molecule has 3 aromatic rings. The molecule has 3 heterocycles. The Bertz CT molecular complexity index is 1070. The number of carbonyl (C=O) groups excluding carboxylic acids is 1. The van der Waals surface area contributed by atoms with Crippen LogP contribution >= 0.6 is 0 Å². The van der Waals surface area contributed by atoms with Crippen molar-refractivity contribution in [2.75, 3.05) is 25.1 Å². The third-order valence-electron chi connectivity index (χ3n) is 5.18. The number of aromatic nitrogens is 5. The lowest BCUT2D eigenvalue weighted by Crippen LogP contribution is -2.27. The van der Waals surface area contributed by atoms with E-state index in [2.05, 4.69) is 30.7 Å². The number of hydrogen-bond acceptors (Lipinski definition) is 7.